The monoisotopic (exact) mass is 356 g/mol. The van der Waals surface area contributed by atoms with Gasteiger partial charge < -0.3 is 9.72 Å². The number of hydrogen-bond acceptors (Lipinski definition) is 3. The molecule has 23 heavy (non-hydrogen) atoms. The summed E-state index contributed by atoms with van der Waals surface area (Å²) in [6, 6.07) is 4.83. The number of benzene rings is 1. The number of H-pyrrole nitrogens is 1. The highest BCUT2D eigenvalue weighted by atomic mass is 35.5. The number of ether oxygens (including phenoxy) is 1. The van der Waals surface area contributed by atoms with Crippen LogP contribution in [0.5, 0.6) is 5.75 Å². The number of hydrogen-bond donors (Lipinski definition) is 2. The van der Waals surface area contributed by atoms with Crippen LogP contribution < -0.4 is 15.0 Å². The van der Waals surface area contributed by atoms with Gasteiger partial charge in [0.25, 0.3) is 5.56 Å². The van der Waals surface area contributed by atoms with Crippen LogP contribution in [0.25, 0.3) is 10.9 Å². The number of fused-ring (bicyclic) bond motifs is 1. The van der Waals surface area contributed by atoms with Gasteiger partial charge in [-0.2, -0.15) is 0 Å². The molecule has 0 bridgehead atoms. The number of aromatic amines is 1. The molecule has 0 aliphatic rings. The molecule has 7 heteroatoms. The molecule has 2 rings (SSSR count). The van der Waals surface area contributed by atoms with Gasteiger partial charge >= 0.3 is 0 Å². The molecule has 0 spiro atoms. The first-order chi connectivity index (χ1) is 10.6. The number of methoxy groups -OCH3 is 1. The van der Waals surface area contributed by atoms with Crippen LogP contribution in [0.4, 0.5) is 0 Å². The largest absolute Gasteiger partial charge is 0.495 e. The first-order valence-electron chi connectivity index (χ1n) is 7.22. The Morgan fingerprint density at radius 3 is 2.52 bits per heavy atom. The van der Waals surface area contributed by atoms with E-state index in [1.807, 2.05) is 27.7 Å². The van der Waals surface area contributed by atoms with E-state index in [1.165, 1.54) is 7.11 Å². The van der Waals surface area contributed by atoms with Crippen LogP contribution in [0.15, 0.2) is 23.0 Å². The maximum Gasteiger partial charge on any atom is 0.253 e. The third-order valence-corrected chi connectivity index (χ3v) is 5.43. The molecular weight excluding hydrogens is 336 g/mol. The Kier molecular flexibility index (Phi) is 5.18. The molecule has 0 aliphatic heterocycles. The lowest BCUT2D eigenvalue weighted by atomic mass is 10.1. The minimum absolute atomic E-state index is 0.229. The molecular formula is C16H21ClN2O3S. The number of nitrogens with one attached hydrogen (secondary N) is 2. The quantitative estimate of drug-likeness (QED) is 0.882. The summed E-state index contributed by atoms with van der Waals surface area (Å²) in [7, 11) is 0.253. The number of rotatable bonds is 4. The zero-order chi connectivity index (χ0) is 17.4. The van der Waals surface area contributed by atoms with E-state index in [0.29, 0.717) is 21.9 Å². The van der Waals surface area contributed by atoms with E-state index in [0.717, 1.165) is 5.39 Å². The fourth-order valence-electron chi connectivity index (χ4n) is 2.10. The van der Waals surface area contributed by atoms with Crippen molar-refractivity contribution in [3.63, 3.8) is 0 Å². The molecule has 0 saturated carbocycles. The molecule has 0 radical (unpaired) electrons. The summed E-state index contributed by atoms with van der Waals surface area (Å²) in [6.45, 7) is 7.43. The van der Waals surface area contributed by atoms with Crippen LogP contribution in [0.2, 0.25) is 5.02 Å². The van der Waals surface area contributed by atoms with Crippen molar-refractivity contribution < 1.29 is 8.95 Å². The molecule has 0 saturated heterocycles. The number of pyridine rings is 1. The second kappa shape index (κ2) is 6.63. The predicted octanol–water partition coefficient (Wildman–Crippen LogP) is 3.30. The van der Waals surface area contributed by atoms with E-state index in [-0.39, 0.29) is 11.6 Å². The molecule has 1 heterocycles. The van der Waals surface area contributed by atoms with E-state index in [4.69, 9.17) is 16.3 Å². The Hall–Kier alpha value is -1.37. The highest BCUT2D eigenvalue weighted by Gasteiger charge is 2.23. The van der Waals surface area contributed by atoms with Crippen molar-refractivity contribution in [1.82, 2.24) is 9.71 Å². The molecule has 5 nitrogen and oxygen atoms in total. The maximum atomic E-state index is 12.3. The first kappa shape index (κ1) is 18.0. The van der Waals surface area contributed by atoms with Gasteiger partial charge in [-0.25, -0.2) is 8.93 Å². The molecule has 2 atom stereocenters. The number of halogens is 1. The second-order valence-corrected chi connectivity index (χ2v) is 8.75. The highest BCUT2D eigenvalue weighted by Crippen LogP contribution is 2.29. The van der Waals surface area contributed by atoms with Crippen LogP contribution in [0.3, 0.4) is 0 Å². The Morgan fingerprint density at radius 1 is 1.30 bits per heavy atom. The van der Waals surface area contributed by atoms with Gasteiger partial charge in [-0.1, -0.05) is 11.6 Å². The van der Waals surface area contributed by atoms with Gasteiger partial charge in [0, 0.05) is 23.1 Å². The third kappa shape index (κ3) is 3.94. The van der Waals surface area contributed by atoms with Crippen molar-refractivity contribution in [3.05, 3.63) is 39.1 Å². The van der Waals surface area contributed by atoms with Crippen LogP contribution in [0, 0.1) is 0 Å². The van der Waals surface area contributed by atoms with Gasteiger partial charge in [0.05, 0.1) is 33.4 Å². The van der Waals surface area contributed by atoms with Gasteiger partial charge in [0.15, 0.2) is 0 Å². The lowest BCUT2D eigenvalue weighted by molar-refractivity contribution is 0.415. The van der Waals surface area contributed by atoms with Gasteiger partial charge in [-0.05, 0) is 39.8 Å². The van der Waals surface area contributed by atoms with Crippen LogP contribution in [0.1, 0.15) is 39.3 Å². The van der Waals surface area contributed by atoms with Gasteiger partial charge in [-0.3, -0.25) is 4.79 Å². The fraction of sp³-hybridized carbons (Fsp3) is 0.438. The Balaban J connectivity index is 2.44. The summed E-state index contributed by atoms with van der Waals surface area (Å²) in [5.41, 5.74) is 0.924. The van der Waals surface area contributed by atoms with Crippen LogP contribution in [-0.4, -0.2) is 21.0 Å². The molecule has 1 unspecified atom stereocenters. The van der Waals surface area contributed by atoms with Crippen molar-refractivity contribution >= 4 is 33.5 Å². The highest BCUT2D eigenvalue weighted by molar-refractivity contribution is 7.84. The molecule has 126 valence electrons. The van der Waals surface area contributed by atoms with Gasteiger partial charge in [0.2, 0.25) is 0 Å². The zero-order valence-corrected chi connectivity index (χ0v) is 15.4. The second-order valence-electron chi connectivity index (χ2n) is 6.35. The molecule has 0 amide bonds. The van der Waals surface area contributed by atoms with Gasteiger partial charge in [-0.15, -0.1) is 0 Å². The SMILES string of the molecule is COc1cc2[nH]c(=O)c([C@@H](C)NS(=O)C(C)(C)C)cc2cc1Cl. The summed E-state index contributed by atoms with van der Waals surface area (Å²) >= 11 is 6.14. The minimum Gasteiger partial charge on any atom is -0.495 e. The van der Waals surface area contributed by atoms with E-state index in [9.17, 15) is 9.00 Å². The summed E-state index contributed by atoms with van der Waals surface area (Å²) in [5, 5.41) is 1.26. The first-order valence-corrected chi connectivity index (χ1v) is 8.74. The molecule has 1 aromatic heterocycles. The summed E-state index contributed by atoms with van der Waals surface area (Å²) in [4.78, 5) is 15.1. The van der Waals surface area contributed by atoms with Crippen molar-refractivity contribution in [1.29, 1.82) is 0 Å². The standard InChI is InChI=1S/C16H21ClN2O3S/c1-9(19-23(21)16(2,3)4)11-6-10-7-12(17)14(22-5)8-13(10)18-15(11)20/h6-9,19H,1-5H3,(H,18,20)/t9-,23?/m1/s1. The van der Waals surface area contributed by atoms with Crippen LogP contribution in [-0.2, 0) is 11.0 Å². The zero-order valence-electron chi connectivity index (χ0n) is 13.8. The van der Waals surface area contributed by atoms with E-state index in [1.54, 1.807) is 18.2 Å². The normalized spacial score (nSPS) is 14.7. The van der Waals surface area contributed by atoms with Crippen molar-refractivity contribution in [2.45, 2.75) is 38.5 Å². The lowest BCUT2D eigenvalue weighted by Crippen LogP contribution is -2.36. The predicted molar refractivity (Wildman–Crippen MR) is 95.6 cm³/mol. The Labute approximate surface area is 143 Å². The van der Waals surface area contributed by atoms with E-state index < -0.39 is 15.7 Å². The summed E-state index contributed by atoms with van der Waals surface area (Å²) in [5.74, 6) is 0.502. The molecule has 0 fully saturated rings. The van der Waals surface area contributed by atoms with E-state index in [2.05, 4.69) is 9.71 Å². The Morgan fingerprint density at radius 2 is 1.96 bits per heavy atom. The maximum absolute atomic E-state index is 12.3. The van der Waals surface area contributed by atoms with Crippen molar-refractivity contribution in [2.75, 3.05) is 7.11 Å². The fourth-order valence-corrected chi connectivity index (χ4v) is 3.15. The number of aromatic nitrogens is 1. The average Bonchev–Trinajstić information content (AvgIpc) is 2.45. The third-order valence-electron chi connectivity index (χ3n) is 3.45. The average molecular weight is 357 g/mol. The molecule has 1 aromatic carbocycles. The van der Waals surface area contributed by atoms with Crippen molar-refractivity contribution in [3.8, 4) is 5.75 Å². The smallest absolute Gasteiger partial charge is 0.253 e. The van der Waals surface area contributed by atoms with Gasteiger partial charge in [0.1, 0.15) is 5.75 Å². The minimum atomic E-state index is -1.27. The van der Waals surface area contributed by atoms with Crippen LogP contribution >= 0.6 is 11.6 Å². The lowest BCUT2D eigenvalue weighted by Gasteiger charge is -2.22. The molecule has 2 aromatic rings. The summed E-state index contributed by atoms with van der Waals surface area (Å²) < 4.78 is 19.9. The molecule has 0 aliphatic carbocycles. The van der Waals surface area contributed by atoms with Crippen molar-refractivity contribution in [2.24, 2.45) is 0 Å². The topological polar surface area (TPSA) is 71.2 Å². The van der Waals surface area contributed by atoms with E-state index >= 15 is 0 Å². The Bertz CT molecular complexity index is 811. The summed E-state index contributed by atoms with van der Waals surface area (Å²) in [6.07, 6.45) is 0. The molecule has 2 N–H and O–H groups in total.